The number of hydrogen-bond acceptors (Lipinski definition) is 7. The van der Waals surface area contributed by atoms with E-state index in [1.54, 1.807) is 35.1 Å². The second kappa shape index (κ2) is 9.00. The highest BCUT2D eigenvalue weighted by atomic mass is 32.2. The van der Waals surface area contributed by atoms with Gasteiger partial charge in [-0.05, 0) is 43.2 Å². The number of ether oxygens (including phenoxy) is 1. The van der Waals surface area contributed by atoms with E-state index in [-0.39, 0.29) is 24.4 Å². The topological polar surface area (TPSA) is 75.6 Å². The Morgan fingerprint density at radius 2 is 1.50 bits per heavy atom. The molecule has 32 heavy (non-hydrogen) atoms. The third-order valence-corrected chi connectivity index (χ3v) is 6.81. The molecule has 2 aromatic carbocycles. The summed E-state index contributed by atoms with van der Waals surface area (Å²) in [6.07, 6.45) is 4.72. The Bertz CT molecular complexity index is 1090. The van der Waals surface area contributed by atoms with Gasteiger partial charge in [-0.25, -0.2) is 9.97 Å². The number of rotatable bonds is 4. The Morgan fingerprint density at radius 3 is 2.12 bits per heavy atom. The molecule has 0 radical (unpaired) electrons. The minimum atomic E-state index is -0.320. The standard InChI is InChI=1S/C24H22N4O3S/c29-22(28-18-6-1-3-8-20(18)32-21-9-4-2-7-19(21)28)16-31-23(30)17-10-14-27(15-11-17)24-25-12-5-13-26-24/h1-9,12-13,17H,10-11,14-16H2. The van der Waals surface area contributed by atoms with Gasteiger partial charge < -0.3 is 9.64 Å². The summed E-state index contributed by atoms with van der Waals surface area (Å²) in [5, 5.41) is 0. The number of carbonyl (C=O) groups excluding carboxylic acids is 2. The molecule has 0 saturated carbocycles. The van der Waals surface area contributed by atoms with Crippen LogP contribution >= 0.6 is 11.8 Å². The molecule has 0 atom stereocenters. The van der Waals surface area contributed by atoms with Gasteiger partial charge in [0.2, 0.25) is 5.95 Å². The summed E-state index contributed by atoms with van der Waals surface area (Å²) in [7, 11) is 0. The summed E-state index contributed by atoms with van der Waals surface area (Å²) >= 11 is 1.63. The first-order chi connectivity index (χ1) is 15.7. The van der Waals surface area contributed by atoms with Crippen LogP contribution in [0.15, 0.2) is 76.8 Å². The molecule has 3 heterocycles. The lowest BCUT2D eigenvalue weighted by Gasteiger charge is -2.32. The molecule has 0 bridgehead atoms. The van der Waals surface area contributed by atoms with Crippen molar-refractivity contribution in [2.75, 3.05) is 29.5 Å². The van der Waals surface area contributed by atoms with E-state index in [0.717, 1.165) is 21.2 Å². The van der Waals surface area contributed by atoms with Crippen molar-refractivity contribution < 1.29 is 14.3 Å². The van der Waals surface area contributed by atoms with Crippen LogP contribution in [0.25, 0.3) is 0 Å². The number of carbonyl (C=O) groups is 2. The highest BCUT2D eigenvalue weighted by Crippen LogP contribution is 2.47. The van der Waals surface area contributed by atoms with Crippen LogP contribution in [0.2, 0.25) is 0 Å². The van der Waals surface area contributed by atoms with Crippen LogP contribution < -0.4 is 9.80 Å². The molecule has 1 amide bonds. The number of esters is 1. The van der Waals surface area contributed by atoms with E-state index in [1.165, 1.54) is 0 Å². The molecule has 8 heteroatoms. The van der Waals surface area contributed by atoms with E-state index in [1.807, 2.05) is 48.5 Å². The first kappa shape index (κ1) is 20.5. The van der Waals surface area contributed by atoms with E-state index in [2.05, 4.69) is 14.9 Å². The number of amides is 1. The van der Waals surface area contributed by atoms with Crippen molar-refractivity contribution in [1.29, 1.82) is 0 Å². The zero-order chi connectivity index (χ0) is 21.9. The van der Waals surface area contributed by atoms with Crippen LogP contribution in [0.4, 0.5) is 17.3 Å². The van der Waals surface area contributed by atoms with Crippen molar-refractivity contribution >= 4 is 41.0 Å². The monoisotopic (exact) mass is 446 g/mol. The van der Waals surface area contributed by atoms with Crippen LogP contribution in [-0.4, -0.2) is 41.5 Å². The summed E-state index contributed by atoms with van der Waals surface area (Å²) in [6.45, 7) is 1.08. The number of benzene rings is 2. The summed E-state index contributed by atoms with van der Waals surface area (Å²) in [5.74, 6) is -0.123. The number of nitrogens with zero attached hydrogens (tertiary/aromatic N) is 4. The fraction of sp³-hybridized carbons (Fsp3) is 0.250. The molecule has 2 aliphatic rings. The Kier molecular flexibility index (Phi) is 5.77. The number of hydrogen-bond donors (Lipinski definition) is 0. The number of aromatic nitrogens is 2. The molecule has 7 nitrogen and oxygen atoms in total. The van der Waals surface area contributed by atoms with Crippen LogP contribution in [-0.2, 0) is 14.3 Å². The number of anilines is 3. The van der Waals surface area contributed by atoms with Gasteiger partial charge in [0.25, 0.3) is 5.91 Å². The SMILES string of the molecule is O=C(OCC(=O)N1c2ccccc2Sc2ccccc21)C1CCN(c2ncccn2)CC1. The van der Waals surface area contributed by atoms with Gasteiger partial charge in [0.1, 0.15) is 0 Å². The fourth-order valence-electron chi connectivity index (χ4n) is 4.06. The minimum absolute atomic E-state index is 0.223. The second-order valence-corrected chi connectivity index (χ2v) is 8.77. The number of fused-ring (bicyclic) bond motifs is 2. The van der Waals surface area contributed by atoms with Gasteiger partial charge in [-0.1, -0.05) is 36.0 Å². The van der Waals surface area contributed by atoms with E-state index in [4.69, 9.17) is 4.74 Å². The predicted octanol–water partition coefficient (Wildman–Crippen LogP) is 4.07. The predicted molar refractivity (Wildman–Crippen MR) is 122 cm³/mol. The molecule has 3 aromatic rings. The fourth-order valence-corrected chi connectivity index (χ4v) is 5.12. The lowest BCUT2D eigenvalue weighted by molar-refractivity contribution is -0.152. The van der Waals surface area contributed by atoms with Crippen molar-refractivity contribution in [2.45, 2.75) is 22.6 Å². The number of para-hydroxylation sites is 2. The summed E-state index contributed by atoms with van der Waals surface area (Å²) in [5.41, 5.74) is 1.63. The van der Waals surface area contributed by atoms with Gasteiger partial charge in [0.05, 0.1) is 17.3 Å². The Labute approximate surface area is 190 Å². The van der Waals surface area contributed by atoms with Gasteiger partial charge in [0, 0.05) is 35.3 Å². The molecule has 1 saturated heterocycles. The minimum Gasteiger partial charge on any atom is -0.455 e. The van der Waals surface area contributed by atoms with Gasteiger partial charge in [-0.2, -0.15) is 0 Å². The Morgan fingerprint density at radius 1 is 0.906 bits per heavy atom. The van der Waals surface area contributed by atoms with Crippen molar-refractivity contribution in [2.24, 2.45) is 5.92 Å². The highest BCUT2D eigenvalue weighted by molar-refractivity contribution is 7.99. The maximum absolute atomic E-state index is 13.2. The zero-order valence-electron chi connectivity index (χ0n) is 17.4. The van der Waals surface area contributed by atoms with Crippen molar-refractivity contribution in [3.8, 4) is 0 Å². The van der Waals surface area contributed by atoms with Crippen molar-refractivity contribution in [3.63, 3.8) is 0 Å². The average molecular weight is 447 g/mol. The maximum Gasteiger partial charge on any atom is 0.309 e. The van der Waals surface area contributed by atoms with Gasteiger partial charge in [-0.15, -0.1) is 0 Å². The molecule has 1 aromatic heterocycles. The average Bonchev–Trinajstić information content (AvgIpc) is 2.86. The van der Waals surface area contributed by atoms with Crippen LogP contribution in [0.1, 0.15) is 12.8 Å². The van der Waals surface area contributed by atoms with Gasteiger partial charge >= 0.3 is 5.97 Å². The molecule has 0 spiro atoms. The lowest BCUT2D eigenvalue weighted by atomic mass is 9.97. The zero-order valence-corrected chi connectivity index (χ0v) is 18.2. The third kappa shape index (κ3) is 4.05. The van der Waals surface area contributed by atoms with E-state index in [0.29, 0.717) is 31.9 Å². The number of piperidine rings is 1. The Hall–Kier alpha value is -3.39. The molecule has 0 N–H and O–H groups in total. The Balaban J connectivity index is 1.23. The molecule has 2 aliphatic heterocycles. The molecule has 0 aliphatic carbocycles. The summed E-state index contributed by atoms with van der Waals surface area (Å²) in [4.78, 5) is 40.1. The van der Waals surface area contributed by atoms with Crippen LogP contribution in [0, 0.1) is 5.92 Å². The normalized spacial score (nSPS) is 15.6. The van der Waals surface area contributed by atoms with Gasteiger partial charge in [0.15, 0.2) is 6.61 Å². The quantitative estimate of drug-likeness (QED) is 0.559. The van der Waals surface area contributed by atoms with Crippen LogP contribution in [0.3, 0.4) is 0 Å². The van der Waals surface area contributed by atoms with E-state index >= 15 is 0 Å². The maximum atomic E-state index is 13.2. The third-order valence-electron chi connectivity index (χ3n) is 5.68. The molecule has 5 rings (SSSR count). The summed E-state index contributed by atoms with van der Waals surface area (Å²) < 4.78 is 5.48. The molecule has 0 unspecified atom stereocenters. The van der Waals surface area contributed by atoms with E-state index in [9.17, 15) is 9.59 Å². The smallest absolute Gasteiger partial charge is 0.309 e. The first-order valence-electron chi connectivity index (χ1n) is 10.6. The first-order valence-corrected chi connectivity index (χ1v) is 11.4. The van der Waals surface area contributed by atoms with Crippen molar-refractivity contribution in [3.05, 3.63) is 67.0 Å². The largest absolute Gasteiger partial charge is 0.455 e. The van der Waals surface area contributed by atoms with Gasteiger partial charge in [-0.3, -0.25) is 14.5 Å². The molecule has 1 fully saturated rings. The second-order valence-electron chi connectivity index (χ2n) is 7.68. The molecular weight excluding hydrogens is 424 g/mol. The molecule has 162 valence electrons. The van der Waals surface area contributed by atoms with Crippen LogP contribution in [0.5, 0.6) is 0 Å². The van der Waals surface area contributed by atoms with E-state index < -0.39 is 0 Å². The lowest BCUT2D eigenvalue weighted by Crippen LogP contribution is -2.39. The molecular formula is C24H22N4O3S. The highest BCUT2D eigenvalue weighted by Gasteiger charge is 2.31. The summed E-state index contributed by atoms with van der Waals surface area (Å²) in [6, 6.07) is 17.3. The van der Waals surface area contributed by atoms with Crippen molar-refractivity contribution in [1.82, 2.24) is 9.97 Å².